The molecule has 0 fully saturated rings. The van der Waals surface area contributed by atoms with Crippen LogP contribution in [0.1, 0.15) is 35.0 Å². The van der Waals surface area contributed by atoms with Gasteiger partial charge in [0.15, 0.2) is 4.77 Å². The van der Waals surface area contributed by atoms with Crippen molar-refractivity contribution in [3.05, 3.63) is 69.8 Å². The third-order valence-corrected chi connectivity index (χ3v) is 5.78. The normalized spacial score (nSPS) is 16.8. The van der Waals surface area contributed by atoms with E-state index in [1.165, 1.54) is 12.4 Å². The molecule has 10 heteroatoms. The number of aromatic nitrogens is 4. The first kappa shape index (κ1) is 20.4. The number of fused-ring (bicyclic) bond motifs is 1. The Balaban J connectivity index is 1.46. The molecule has 1 aliphatic carbocycles. The van der Waals surface area contributed by atoms with Crippen LogP contribution < -0.4 is 11.1 Å². The van der Waals surface area contributed by atoms with Crippen molar-refractivity contribution in [2.45, 2.75) is 44.3 Å². The second-order valence-electron chi connectivity index (χ2n) is 7.48. The highest BCUT2D eigenvalue weighted by Crippen LogP contribution is 2.32. The second-order valence-corrected chi connectivity index (χ2v) is 7.87. The molecule has 3 aromatic rings. The first-order chi connectivity index (χ1) is 14.4. The molecule has 7 nitrogen and oxygen atoms in total. The van der Waals surface area contributed by atoms with Crippen LogP contribution in [-0.2, 0) is 30.6 Å². The number of aromatic amines is 2. The lowest BCUT2D eigenvalue weighted by molar-refractivity contribution is -0.122. The monoisotopic (exact) mass is 432 g/mol. The predicted molar refractivity (Wildman–Crippen MR) is 109 cm³/mol. The topological polar surface area (TPSA) is 105 Å². The molecule has 0 saturated heterocycles. The van der Waals surface area contributed by atoms with E-state index in [9.17, 15) is 13.6 Å². The summed E-state index contributed by atoms with van der Waals surface area (Å²) in [5.74, 6) is -1.37. The molecule has 2 atom stereocenters. The van der Waals surface area contributed by atoms with Gasteiger partial charge >= 0.3 is 0 Å². The number of imidazole rings is 2. The van der Waals surface area contributed by atoms with Crippen LogP contribution >= 0.6 is 12.2 Å². The molecule has 1 amide bonds. The van der Waals surface area contributed by atoms with Gasteiger partial charge in [-0.1, -0.05) is 0 Å². The lowest BCUT2D eigenvalue weighted by Crippen LogP contribution is -2.42. The van der Waals surface area contributed by atoms with E-state index in [-0.39, 0.29) is 18.5 Å². The highest BCUT2D eigenvalue weighted by atomic mass is 32.1. The van der Waals surface area contributed by atoms with E-state index < -0.39 is 17.7 Å². The largest absolute Gasteiger partial charge is 0.349 e. The minimum absolute atomic E-state index is 0.0528. The highest BCUT2D eigenvalue weighted by Gasteiger charge is 2.25. The van der Waals surface area contributed by atoms with Gasteiger partial charge in [-0.15, -0.1) is 0 Å². The summed E-state index contributed by atoms with van der Waals surface area (Å²) in [6, 6.07) is 1.54. The van der Waals surface area contributed by atoms with E-state index in [4.69, 9.17) is 18.0 Å². The number of benzene rings is 1. The van der Waals surface area contributed by atoms with Crippen molar-refractivity contribution in [1.29, 1.82) is 0 Å². The van der Waals surface area contributed by atoms with E-state index in [0.717, 1.165) is 17.5 Å². The Morgan fingerprint density at radius 1 is 1.40 bits per heavy atom. The number of hydrogen-bond acceptors (Lipinski definition) is 4. The molecule has 2 heterocycles. The van der Waals surface area contributed by atoms with Crippen molar-refractivity contribution in [1.82, 2.24) is 24.8 Å². The van der Waals surface area contributed by atoms with Crippen molar-refractivity contribution in [3.8, 4) is 0 Å². The van der Waals surface area contributed by atoms with Gasteiger partial charge in [-0.25, -0.2) is 13.8 Å². The second kappa shape index (κ2) is 8.49. The summed E-state index contributed by atoms with van der Waals surface area (Å²) in [7, 11) is 0. The zero-order valence-electron chi connectivity index (χ0n) is 16.1. The Labute approximate surface area is 176 Å². The number of nitrogens with two attached hydrogens (primary N) is 1. The molecule has 30 heavy (non-hydrogen) atoms. The molecule has 158 valence electrons. The number of carbonyl (C=O) groups excluding carboxylic acids is 1. The Hall–Kier alpha value is -2.85. The van der Waals surface area contributed by atoms with Crippen molar-refractivity contribution in [3.63, 3.8) is 0 Å². The third kappa shape index (κ3) is 4.19. The van der Waals surface area contributed by atoms with Gasteiger partial charge in [0.2, 0.25) is 5.91 Å². The maximum absolute atomic E-state index is 14.0. The summed E-state index contributed by atoms with van der Waals surface area (Å²) in [5, 5.41) is 2.84. The number of nitrogens with zero attached hydrogens (tertiary/aromatic N) is 2. The van der Waals surface area contributed by atoms with Gasteiger partial charge < -0.3 is 25.6 Å². The molecule has 0 radical (unpaired) electrons. The van der Waals surface area contributed by atoms with Crippen molar-refractivity contribution in [2.75, 3.05) is 0 Å². The van der Waals surface area contributed by atoms with Crippen LogP contribution in [-0.4, -0.2) is 31.5 Å². The standard InChI is InChI=1S/C20H22F2N6OS/c21-12-3-11-4-14(1-2-16(11)17(22)5-12)28-15(9-26-20(28)30)8-25-19(29)18(23)6-13-7-24-10-27-13/h3,5,7,9-10,14,18H,1-2,4,6,8,23H2,(H,24,27)(H,25,29)(H,26,30)/t14-,18-/m0/s1. The van der Waals surface area contributed by atoms with Crippen LogP contribution in [0, 0.1) is 16.4 Å². The van der Waals surface area contributed by atoms with E-state index in [1.54, 1.807) is 12.4 Å². The molecule has 0 bridgehead atoms. The Morgan fingerprint density at radius 2 is 2.23 bits per heavy atom. The summed E-state index contributed by atoms with van der Waals surface area (Å²) >= 11 is 5.42. The number of hydrogen-bond donors (Lipinski definition) is 4. The molecule has 0 saturated carbocycles. The van der Waals surface area contributed by atoms with Crippen LogP contribution in [0.3, 0.4) is 0 Å². The molecule has 0 unspecified atom stereocenters. The fraction of sp³-hybridized carbons (Fsp3) is 0.350. The van der Waals surface area contributed by atoms with Crippen LogP contribution in [0.15, 0.2) is 30.9 Å². The number of H-pyrrole nitrogens is 2. The minimum Gasteiger partial charge on any atom is -0.349 e. The van der Waals surface area contributed by atoms with Crippen LogP contribution in [0.25, 0.3) is 0 Å². The number of halogens is 2. The smallest absolute Gasteiger partial charge is 0.237 e. The fourth-order valence-corrected chi connectivity index (χ4v) is 4.32. The number of nitrogens with one attached hydrogen (secondary N) is 3. The van der Waals surface area contributed by atoms with Gasteiger partial charge in [0, 0.05) is 36.6 Å². The van der Waals surface area contributed by atoms with Crippen LogP contribution in [0.2, 0.25) is 0 Å². The van der Waals surface area contributed by atoms with Gasteiger partial charge in [-0.3, -0.25) is 4.79 Å². The molecule has 1 aliphatic rings. The molecule has 1 aromatic carbocycles. The molecule has 0 aliphatic heterocycles. The van der Waals surface area contributed by atoms with E-state index in [1.807, 2.05) is 4.57 Å². The van der Waals surface area contributed by atoms with Crippen molar-refractivity contribution >= 4 is 18.1 Å². The Kier molecular flexibility index (Phi) is 5.78. The van der Waals surface area contributed by atoms with Crippen LogP contribution in [0.5, 0.6) is 0 Å². The van der Waals surface area contributed by atoms with E-state index in [2.05, 4.69) is 20.3 Å². The quantitative estimate of drug-likeness (QED) is 0.449. The Bertz CT molecular complexity index is 1110. The molecule has 0 spiro atoms. The van der Waals surface area contributed by atoms with Crippen LogP contribution in [0.4, 0.5) is 8.78 Å². The average molecular weight is 433 g/mol. The first-order valence-corrected chi connectivity index (χ1v) is 10.1. The highest BCUT2D eigenvalue weighted by molar-refractivity contribution is 7.71. The number of carbonyl (C=O) groups is 1. The van der Waals surface area contributed by atoms with Gasteiger partial charge in [0.25, 0.3) is 0 Å². The fourth-order valence-electron chi connectivity index (χ4n) is 3.99. The summed E-state index contributed by atoms with van der Waals surface area (Å²) in [5.41, 5.74) is 8.76. The summed E-state index contributed by atoms with van der Waals surface area (Å²) in [6.45, 7) is 0.240. The summed E-state index contributed by atoms with van der Waals surface area (Å²) < 4.78 is 30.1. The van der Waals surface area contributed by atoms with Gasteiger partial charge in [0.1, 0.15) is 11.6 Å². The van der Waals surface area contributed by atoms with Crippen molar-refractivity contribution in [2.24, 2.45) is 5.73 Å². The molecule has 5 N–H and O–H groups in total. The van der Waals surface area contributed by atoms with E-state index in [0.29, 0.717) is 41.6 Å². The SMILES string of the molecule is N[C@@H](Cc1cnc[nH]1)C(=O)NCc1c[nH]c(=S)n1[C@H]1CCc2c(F)cc(F)cc2C1. The maximum atomic E-state index is 14.0. The lowest BCUT2D eigenvalue weighted by Gasteiger charge is -2.27. The van der Waals surface area contributed by atoms with Gasteiger partial charge in [-0.05, 0) is 48.7 Å². The van der Waals surface area contributed by atoms with E-state index >= 15 is 0 Å². The van der Waals surface area contributed by atoms with Crippen molar-refractivity contribution < 1.29 is 13.6 Å². The first-order valence-electron chi connectivity index (χ1n) is 9.68. The van der Waals surface area contributed by atoms with Gasteiger partial charge in [0.05, 0.1) is 24.6 Å². The molecule has 2 aromatic heterocycles. The molecule has 4 rings (SSSR count). The van der Waals surface area contributed by atoms with Gasteiger partial charge in [-0.2, -0.15) is 0 Å². The average Bonchev–Trinajstić information content (AvgIpc) is 3.34. The minimum atomic E-state index is -0.715. The zero-order chi connectivity index (χ0) is 21.3. The lowest BCUT2D eigenvalue weighted by atomic mass is 9.87. The summed E-state index contributed by atoms with van der Waals surface area (Å²) in [4.78, 5) is 22.2. The number of amides is 1. The predicted octanol–water partition coefficient (Wildman–Crippen LogP) is 2.46. The Morgan fingerprint density at radius 3 is 3.00 bits per heavy atom. The third-order valence-electron chi connectivity index (χ3n) is 5.47. The summed E-state index contributed by atoms with van der Waals surface area (Å²) in [6.07, 6.45) is 6.89. The maximum Gasteiger partial charge on any atom is 0.237 e. The number of rotatable bonds is 6. The molecular formula is C20H22F2N6OS. The zero-order valence-corrected chi connectivity index (χ0v) is 16.9. The molecular weight excluding hydrogens is 410 g/mol.